The van der Waals surface area contributed by atoms with Gasteiger partial charge in [0.25, 0.3) is 0 Å². The molecule has 0 saturated carbocycles. The molecule has 90 valence electrons. The van der Waals surface area contributed by atoms with Crippen LogP contribution in [0.2, 0.25) is 0 Å². The Bertz CT molecular complexity index is 301. The number of carbonyl (C=O) groups excluding carboxylic acids is 2. The number of carbonyl (C=O) groups is 2. The van der Waals surface area contributed by atoms with Crippen LogP contribution in [0.25, 0.3) is 0 Å². The van der Waals surface area contributed by atoms with Gasteiger partial charge in [-0.1, -0.05) is 13.8 Å². The van der Waals surface area contributed by atoms with E-state index in [0.29, 0.717) is 30.7 Å². The summed E-state index contributed by atoms with van der Waals surface area (Å²) >= 11 is 0. The highest BCUT2D eigenvalue weighted by Gasteiger charge is 2.35. The van der Waals surface area contributed by atoms with Gasteiger partial charge in [-0.2, -0.15) is 0 Å². The van der Waals surface area contributed by atoms with E-state index in [4.69, 9.17) is 0 Å². The fourth-order valence-corrected chi connectivity index (χ4v) is 2.48. The lowest BCUT2D eigenvalue weighted by atomic mass is 10.1. The predicted molar refractivity (Wildman–Crippen MR) is 61.0 cm³/mol. The van der Waals surface area contributed by atoms with Crippen molar-refractivity contribution in [3.63, 3.8) is 0 Å². The smallest absolute Gasteiger partial charge is 0.222 e. The van der Waals surface area contributed by atoms with Gasteiger partial charge >= 0.3 is 0 Å². The number of amides is 1. The molecule has 1 amide bonds. The zero-order chi connectivity index (χ0) is 11.7. The minimum atomic E-state index is 0.114. The number of piperazine rings is 1. The van der Waals surface area contributed by atoms with Crippen LogP contribution < -0.4 is 0 Å². The molecule has 0 aromatic carbocycles. The van der Waals surface area contributed by atoms with E-state index in [2.05, 4.69) is 4.90 Å². The molecule has 2 rings (SSSR count). The lowest BCUT2D eigenvalue weighted by Gasteiger charge is -2.37. The van der Waals surface area contributed by atoms with Gasteiger partial charge in [0, 0.05) is 38.0 Å². The standard InChI is InChI=1S/C12H20N2O2/c1-9(2)11(15)8-13-5-6-14-10(7-13)3-4-12(14)16/h9-10H,3-8H2,1-2H3. The van der Waals surface area contributed by atoms with Gasteiger partial charge in [-0.05, 0) is 6.42 Å². The number of rotatable bonds is 3. The van der Waals surface area contributed by atoms with Crippen molar-refractivity contribution in [2.24, 2.45) is 5.92 Å². The molecule has 4 heteroatoms. The second-order valence-corrected chi connectivity index (χ2v) is 5.14. The van der Waals surface area contributed by atoms with E-state index in [-0.39, 0.29) is 5.92 Å². The second kappa shape index (κ2) is 4.53. The van der Waals surface area contributed by atoms with Crippen LogP contribution in [0.3, 0.4) is 0 Å². The maximum atomic E-state index is 11.6. The van der Waals surface area contributed by atoms with Gasteiger partial charge in [0.05, 0.1) is 6.54 Å². The van der Waals surface area contributed by atoms with Crippen LogP contribution >= 0.6 is 0 Å². The first-order valence-corrected chi connectivity index (χ1v) is 6.12. The van der Waals surface area contributed by atoms with E-state index in [0.717, 1.165) is 26.1 Å². The van der Waals surface area contributed by atoms with Crippen LogP contribution in [-0.4, -0.2) is 53.7 Å². The molecule has 1 unspecified atom stereocenters. The maximum Gasteiger partial charge on any atom is 0.222 e. The van der Waals surface area contributed by atoms with E-state index in [9.17, 15) is 9.59 Å². The van der Waals surface area contributed by atoms with Crippen molar-refractivity contribution in [2.45, 2.75) is 32.7 Å². The van der Waals surface area contributed by atoms with Crippen molar-refractivity contribution in [3.05, 3.63) is 0 Å². The molecule has 2 saturated heterocycles. The molecule has 16 heavy (non-hydrogen) atoms. The fourth-order valence-electron chi connectivity index (χ4n) is 2.48. The molecule has 0 bridgehead atoms. The number of hydrogen-bond donors (Lipinski definition) is 0. The van der Waals surface area contributed by atoms with Gasteiger partial charge in [-0.25, -0.2) is 0 Å². The first-order chi connectivity index (χ1) is 7.58. The van der Waals surface area contributed by atoms with E-state index in [1.54, 1.807) is 0 Å². The number of nitrogens with zero attached hydrogens (tertiary/aromatic N) is 2. The minimum absolute atomic E-state index is 0.114. The van der Waals surface area contributed by atoms with Crippen LogP contribution in [0.15, 0.2) is 0 Å². The summed E-state index contributed by atoms with van der Waals surface area (Å²) in [5.74, 6) is 0.709. The zero-order valence-corrected chi connectivity index (χ0v) is 10.1. The molecule has 0 aromatic heterocycles. The highest BCUT2D eigenvalue weighted by molar-refractivity contribution is 5.82. The van der Waals surface area contributed by atoms with Crippen molar-refractivity contribution < 1.29 is 9.59 Å². The fraction of sp³-hybridized carbons (Fsp3) is 0.833. The number of Topliss-reactive ketones (excluding diaryl/α,β-unsaturated/α-hetero) is 1. The van der Waals surface area contributed by atoms with Crippen molar-refractivity contribution in [1.82, 2.24) is 9.80 Å². The van der Waals surface area contributed by atoms with Gasteiger partial charge in [-0.15, -0.1) is 0 Å². The number of fused-ring (bicyclic) bond motifs is 1. The number of ketones is 1. The summed E-state index contributed by atoms with van der Waals surface area (Å²) in [6, 6.07) is 0.362. The second-order valence-electron chi connectivity index (χ2n) is 5.14. The van der Waals surface area contributed by atoms with Crippen molar-refractivity contribution in [2.75, 3.05) is 26.2 Å². The van der Waals surface area contributed by atoms with Gasteiger partial charge < -0.3 is 4.90 Å². The predicted octanol–water partition coefficient (Wildman–Crippen LogP) is 0.518. The Kier molecular flexibility index (Phi) is 3.28. The normalized spacial score (nSPS) is 26.3. The molecule has 0 aromatic rings. The van der Waals surface area contributed by atoms with Gasteiger partial charge in [0.15, 0.2) is 0 Å². The molecular weight excluding hydrogens is 204 g/mol. The first kappa shape index (κ1) is 11.6. The molecule has 2 aliphatic rings. The molecule has 0 aliphatic carbocycles. The summed E-state index contributed by atoms with van der Waals surface area (Å²) < 4.78 is 0. The third-order valence-corrected chi connectivity index (χ3v) is 3.60. The first-order valence-electron chi connectivity index (χ1n) is 6.12. The largest absolute Gasteiger partial charge is 0.337 e. The Morgan fingerprint density at radius 3 is 2.88 bits per heavy atom. The average molecular weight is 224 g/mol. The lowest BCUT2D eigenvalue weighted by molar-refractivity contribution is -0.131. The molecule has 2 fully saturated rings. The molecule has 2 heterocycles. The highest BCUT2D eigenvalue weighted by Crippen LogP contribution is 2.22. The van der Waals surface area contributed by atoms with E-state index in [1.807, 2.05) is 18.7 Å². The van der Waals surface area contributed by atoms with E-state index < -0.39 is 0 Å². The molecule has 0 spiro atoms. The summed E-state index contributed by atoms with van der Waals surface area (Å²) in [5, 5.41) is 0. The third-order valence-electron chi connectivity index (χ3n) is 3.60. The summed E-state index contributed by atoms with van der Waals surface area (Å²) in [4.78, 5) is 27.3. The molecular formula is C12H20N2O2. The average Bonchev–Trinajstić information content (AvgIpc) is 2.60. The SMILES string of the molecule is CC(C)C(=O)CN1CCN2C(=O)CCC2C1. The molecule has 0 radical (unpaired) electrons. The quantitative estimate of drug-likeness (QED) is 0.701. The Hall–Kier alpha value is -0.900. The molecule has 4 nitrogen and oxygen atoms in total. The van der Waals surface area contributed by atoms with Crippen LogP contribution in [0.4, 0.5) is 0 Å². The maximum absolute atomic E-state index is 11.6. The summed E-state index contributed by atoms with van der Waals surface area (Å²) in [7, 11) is 0. The Morgan fingerprint density at radius 2 is 2.19 bits per heavy atom. The molecule has 1 atom stereocenters. The van der Waals surface area contributed by atoms with E-state index >= 15 is 0 Å². The Labute approximate surface area is 96.6 Å². The van der Waals surface area contributed by atoms with Gasteiger partial charge in [-0.3, -0.25) is 14.5 Å². The van der Waals surface area contributed by atoms with Crippen LogP contribution in [0, 0.1) is 5.92 Å². The monoisotopic (exact) mass is 224 g/mol. The Morgan fingerprint density at radius 1 is 1.44 bits per heavy atom. The van der Waals surface area contributed by atoms with E-state index in [1.165, 1.54) is 0 Å². The Balaban J connectivity index is 1.87. The summed E-state index contributed by atoms with van der Waals surface area (Å²) in [6.45, 7) is 6.96. The molecule has 2 aliphatic heterocycles. The number of hydrogen-bond acceptors (Lipinski definition) is 3. The lowest BCUT2D eigenvalue weighted by Crippen LogP contribution is -2.52. The van der Waals surface area contributed by atoms with Crippen molar-refractivity contribution in [3.8, 4) is 0 Å². The topological polar surface area (TPSA) is 40.6 Å². The summed E-state index contributed by atoms with van der Waals surface area (Å²) in [6.07, 6.45) is 1.65. The van der Waals surface area contributed by atoms with Crippen molar-refractivity contribution in [1.29, 1.82) is 0 Å². The third kappa shape index (κ3) is 2.26. The van der Waals surface area contributed by atoms with Crippen LogP contribution in [0.5, 0.6) is 0 Å². The highest BCUT2D eigenvalue weighted by atomic mass is 16.2. The molecule has 0 N–H and O–H groups in total. The van der Waals surface area contributed by atoms with Gasteiger partial charge in [0.2, 0.25) is 5.91 Å². The van der Waals surface area contributed by atoms with Crippen molar-refractivity contribution >= 4 is 11.7 Å². The zero-order valence-electron chi connectivity index (χ0n) is 10.1. The van der Waals surface area contributed by atoms with Gasteiger partial charge in [0.1, 0.15) is 5.78 Å². The summed E-state index contributed by atoms with van der Waals surface area (Å²) in [5.41, 5.74) is 0. The van der Waals surface area contributed by atoms with Crippen LogP contribution in [-0.2, 0) is 9.59 Å². The minimum Gasteiger partial charge on any atom is -0.337 e. The van der Waals surface area contributed by atoms with Crippen LogP contribution in [0.1, 0.15) is 26.7 Å².